The van der Waals surface area contributed by atoms with Crippen molar-refractivity contribution in [3.63, 3.8) is 0 Å². The molecule has 136 valence electrons. The molecule has 0 unspecified atom stereocenters. The number of ether oxygens (including phenoxy) is 1. The largest absolute Gasteiger partial charge is 0.466 e. The van der Waals surface area contributed by atoms with Crippen molar-refractivity contribution in [3.8, 4) is 0 Å². The van der Waals surface area contributed by atoms with Gasteiger partial charge in [0.25, 0.3) is 5.91 Å². The average molecular weight is 379 g/mol. The van der Waals surface area contributed by atoms with E-state index in [1.807, 2.05) is 48.5 Å². The molecule has 0 aliphatic carbocycles. The minimum absolute atomic E-state index is 0.0858. The van der Waals surface area contributed by atoms with E-state index in [4.69, 9.17) is 12.2 Å². The lowest BCUT2D eigenvalue weighted by Gasteiger charge is -2.18. The Kier molecular flexibility index (Phi) is 5.42. The molecule has 3 rings (SSSR count). The highest BCUT2D eigenvalue weighted by Gasteiger charge is 2.40. The van der Waals surface area contributed by atoms with Crippen molar-refractivity contribution in [3.05, 3.63) is 78.0 Å². The zero-order valence-corrected chi connectivity index (χ0v) is 15.6. The summed E-state index contributed by atoms with van der Waals surface area (Å²) in [6.07, 6.45) is 1.12. The van der Waals surface area contributed by atoms with Crippen LogP contribution < -0.4 is 4.90 Å². The molecule has 0 saturated carbocycles. The van der Waals surface area contributed by atoms with Crippen LogP contribution in [-0.2, 0) is 14.3 Å². The number of benzene rings is 2. The Balaban J connectivity index is 2.04. The number of para-hydroxylation sites is 1. The van der Waals surface area contributed by atoms with E-state index in [0.717, 1.165) is 16.6 Å². The lowest BCUT2D eigenvalue weighted by Crippen LogP contribution is -2.29. The Bertz CT molecular complexity index is 939. The first-order valence-corrected chi connectivity index (χ1v) is 8.57. The SMILES string of the molecule is COC(=O)/C=C1/C(=O)N(/N=C(/C)c2ccccc2)C(=S)N1c1ccccc1. The minimum atomic E-state index is -0.646. The molecule has 0 radical (unpaired) electrons. The summed E-state index contributed by atoms with van der Waals surface area (Å²) in [5.74, 6) is -1.14. The Morgan fingerprint density at radius 2 is 1.67 bits per heavy atom. The second-order valence-corrected chi connectivity index (χ2v) is 6.04. The van der Waals surface area contributed by atoms with Gasteiger partial charge in [0.05, 0.1) is 18.9 Å². The molecule has 0 spiro atoms. The molecule has 2 aromatic rings. The van der Waals surface area contributed by atoms with Gasteiger partial charge in [-0.05, 0) is 36.8 Å². The molecule has 0 aromatic heterocycles. The summed E-state index contributed by atoms with van der Waals surface area (Å²) in [4.78, 5) is 26.2. The summed E-state index contributed by atoms with van der Waals surface area (Å²) in [6.45, 7) is 1.79. The van der Waals surface area contributed by atoms with E-state index in [1.54, 1.807) is 19.1 Å². The Labute approximate surface area is 162 Å². The van der Waals surface area contributed by atoms with E-state index in [0.29, 0.717) is 11.4 Å². The third-order valence-electron chi connectivity index (χ3n) is 3.94. The zero-order chi connectivity index (χ0) is 19.4. The molecule has 0 bridgehead atoms. The van der Waals surface area contributed by atoms with Crippen LogP contribution >= 0.6 is 12.2 Å². The normalized spacial score (nSPS) is 16.2. The Hall–Kier alpha value is -3.32. The van der Waals surface area contributed by atoms with Gasteiger partial charge >= 0.3 is 5.97 Å². The molecule has 0 N–H and O–H groups in total. The van der Waals surface area contributed by atoms with Gasteiger partial charge in [-0.1, -0.05) is 48.5 Å². The fraction of sp³-hybridized carbons (Fsp3) is 0.100. The number of hydrazone groups is 1. The number of esters is 1. The number of hydrogen-bond acceptors (Lipinski definition) is 5. The monoisotopic (exact) mass is 379 g/mol. The first-order chi connectivity index (χ1) is 13.0. The highest BCUT2D eigenvalue weighted by Crippen LogP contribution is 2.29. The molecule has 1 heterocycles. The van der Waals surface area contributed by atoms with E-state index in [2.05, 4.69) is 9.84 Å². The molecule has 1 amide bonds. The third-order valence-corrected chi connectivity index (χ3v) is 4.29. The van der Waals surface area contributed by atoms with Crippen LogP contribution in [0.2, 0.25) is 0 Å². The predicted octanol–water partition coefficient (Wildman–Crippen LogP) is 3.10. The van der Waals surface area contributed by atoms with Crippen LogP contribution in [0.25, 0.3) is 0 Å². The molecule has 2 aromatic carbocycles. The number of thiocarbonyl (C=S) groups is 1. The number of anilines is 1. The van der Waals surface area contributed by atoms with E-state index in [-0.39, 0.29) is 10.8 Å². The molecule has 1 aliphatic heterocycles. The van der Waals surface area contributed by atoms with Gasteiger partial charge in [-0.25, -0.2) is 4.79 Å². The van der Waals surface area contributed by atoms with Crippen LogP contribution in [0, 0.1) is 0 Å². The molecule has 7 heteroatoms. The summed E-state index contributed by atoms with van der Waals surface area (Å²) in [5.41, 5.74) is 2.23. The van der Waals surface area contributed by atoms with Crippen molar-refractivity contribution < 1.29 is 14.3 Å². The number of carbonyl (C=O) groups is 2. The van der Waals surface area contributed by atoms with Crippen molar-refractivity contribution >= 4 is 40.6 Å². The number of nitrogens with zero attached hydrogens (tertiary/aromatic N) is 3. The minimum Gasteiger partial charge on any atom is -0.466 e. The second-order valence-electron chi connectivity index (χ2n) is 5.67. The number of hydrogen-bond donors (Lipinski definition) is 0. The summed E-state index contributed by atoms with van der Waals surface area (Å²) >= 11 is 5.49. The molecule has 0 atom stereocenters. The van der Waals surface area contributed by atoms with Gasteiger partial charge in [0.15, 0.2) is 0 Å². The quantitative estimate of drug-likeness (QED) is 0.354. The van der Waals surface area contributed by atoms with Crippen molar-refractivity contribution in [1.29, 1.82) is 0 Å². The van der Waals surface area contributed by atoms with Crippen LogP contribution in [0.4, 0.5) is 5.69 Å². The van der Waals surface area contributed by atoms with Crippen LogP contribution in [0.1, 0.15) is 12.5 Å². The summed E-state index contributed by atoms with van der Waals surface area (Å²) < 4.78 is 4.67. The van der Waals surface area contributed by atoms with Gasteiger partial charge in [-0.2, -0.15) is 10.1 Å². The maximum absolute atomic E-state index is 12.9. The van der Waals surface area contributed by atoms with Crippen molar-refractivity contribution in [2.24, 2.45) is 5.10 Å². The van der Waals surface area contributed by atoms with Crippen LogP contribution in [0.3, 0.4) is 0 Å². The summed E-state index contributed by atoms with van der Waals surface area (Å²) in [5, 5.41) is 5.68. The topological polar surface area (TPSA) is 62.2 Å². The van der Waals surface area contributed by atoms with Crippen molar-refractivity contribution in [2.45, 2.75) is 6.92 Å². The molecular formula is C20H17N3O3S. The molecule has 1 saturated heterocycles. The Morgan fingerprint density at radius 3 is 2.26 bits per heavy atom. The zero-order valence-electron chi connectivity index (χ0n) is 14.8. The van der Waals surface area contributed by atoms with Gasteiger partial charge in [-0.15, -0.1) is 0 Å². The van der Waals surface area contributed by atoms with E-state index < -0.39 is 11.9 Å². The molecule has 27 heavy (non-hydrogen) atoms. The van der Waals surface area contributed by atoms with Gasteiger partial charge in [-0.3, -0.25) is 9.69 Å². The van der Waals surface area contributed by atoms with Crippen LogP contribution in [-0.4, -0.2) is 34.8 Å². The standard InChI is InChI=1S/C20H17N3O3S/c1-14(15-9-5-3-6-10-15)21-23-19(25)17(13-18(24)26-2)22(20(23)27)16-11-7-4-8-12-16/h3-13H,1-2H3/b17-13-,21-14-. The van der Waals surface area contributed by atoms with E-state index in [1.165, 1.54) is 12.0 Å². The molecule has 6 nitrogen and oxygen atoms in total. The van der Waals surface area contributed by atoms with Gasteiger partial charge < -0.3 is 4.74 Å². The van der Waals surface area contributed by atoms with Crippen molar-refractivity contribution in [1.82, 2.24) is 5.01 Å². The fourth-order valence-corrected chi connectivity index (χ4v) is 2.91. The molecule has 1 aliphatic rings. The smallest absolute Gasteiger partial charge is 0.332 e. The van der Waals surface area contributed by atoms with Crippen LogP contribution in [0.15, 0.2) is 77.5 Å². The first-order valence-electron chi connectivity index (χ1n) is 8.17. The van der Waals surface area contributed by atoms with Gasteiger partial charge in [0.2, 0.25) is 5.11 Å². The first kappa shape index (κ1) is 18.5. The maximum atomic E-state index is 12.9. The Morgan fingerprint density at radius 1 is 1.07 bits per heavy atom. The maximum Gasteiger partial charge on any atom is 0.332 e. The van der Waals surface area contributed by atoms with Gasteiger partial charge in [0, 0.05) is 5.69 Å². The lowest BCUT2D eigenvalue weighted by molar-refractivity contribution is -0.135. The third kappa shape index (κ3) is 3.78. The van der Waals surface area contributed by atoms with E-state index in [9.17, 15) is 9.59 Å². The predicted molar refractivity (Wildman–Crippen MR) is 107 cm³/mol. The number of methoxy groups -OCH3 is 1. The highest BCUT2D eigenvalue weighted by molar-refractivity contribution is 7.80. The number of carbonyl (C=O) groups excluding carboxylic acids is 2. The highest BCUT2D eigenvalue weighted by atomic mass is 32.1. The lowest BCUT2D eigenvalue weighted by atomic mass is 10.1. The summed E-state index contributed by atoms with van der Waals surface area (Å²) in [6, 6.07) is 18.5. The number of rotatable bonds is 4. The van der Waals surface area contributed by atoms with Crippen molar-refractivity contribution in [2.75, 3.05) is 12.0 Å². The second kappa shape index (κ2) is 7.92. The summed E-state index contributed by atoms with van der Waals surface area (Å²) in [7, 11) is 1.25. The van der Waals surface area contributed by atoms with Crippen LogP contribution in [0.5, 0.6) is 0 Å². The van der Waals surface area contributed by atoms with Gasteiger partial charge in [0.1, 0.15) is 5.70 Å². The van der Waals surface area contributed by atoms with E-state index >= 15 is 0 Å². The average Bonchev–Trinajstić information content (AvgIpc) is 2.93. The molecule has 1 fully saturated rings. The number of amides is 1. The fourth-order valence-electron chi connectivity index (χ4n) is 2.59. The molecular weight excluding hydrogens is 362 g/mol.